The molecule has 2 rings (SSSR count). The first kappa shape index (κ1) is 15.5. The highest BCUT2D eigenvalue weighted by Gasteiger charge is 2.28. The van der Waals surface area contributed by atoms with Crippen LogP contribution >= 0.6 is 15.9 Å². The number of nitrogens with zero attached hydrogens (tertiary/aromatic N) is 1. The van der Waals surface area contributed by atoms with E-state index in [0.717, 1.165) is 18.4 Å². The molecule has 1 aromatic carbocycles. The van der Waals surface area contributed by atoms with E-state index in [-0.39, 0.29) is 16.8 Å². The molecule has 0 radical (unpaired) electrons. The standard InChI is InChI=1S/C13H17BrN2O3S/c1-8-4-3-5-16(8)13(17)11-6-10(20(15,18)19)7-12(14)9(11)2/h6-8H,3-5H2,1-2H3,(H2,15,18,19). The number of hydrogen-bond acceptors (Lipinski definition) is 3. The zero-order valence-corrected chi connectivity index (χ0v) is 13.8. The average Bonchev–Trinajstić information content (AvgIpc) is 2.76. The lowest BCUT2D eigenvalue weighted by molar-refractivity contribution is 0.0746. The van der Waals surface area contributed by atoms with Crippen molar-refractivity contribution in [2.24, 2.45) is 5.14 Å². The highest BCUT2D eigenvalue weighted by molar-refractivity contribution is 9.10. The molecule has 1 aromatic rings. The summed E-state index contributed by atoms with van der Waals surface area (Å²) in [7, 11) is -3.84. The number of amides is 1. The Morgan fingerprint density at radius 3 is 2.60 bits per heavy atom. The molecule has 1 unspecified atom stereocenters. The fourth-order valence-electron chi connectivity index (χ4n) is 2.43. The molecular weight excluding hydrogens is 344 g/mol. The number of rotatable bonds is 2. The Labute approximate surface area is 127 Å². The van der Waals surface area contributed by atoms with Gasteiger partial charge in [0.15, 0.2) is 0 Å². The molecule has 1 aliphatic heterocycles. The predicted molar refractivity (Wildman–Crippen MR) is 80.0 cm³/mol. The third-order valence-electron chi connectivity index (χ3n) is 3.69. The summed E-state index contributed by atoms with van der Waals surface area (Å²) in [6.07, 6.45) is 1.95. The maximum Gasteiger partial charge on any atom is 0.254 e. The van der Waals surface area contributed by atoms with Crippen LogP contribution in [0.3, 0.4) is 0 Å². The second-order valence-electron chi connectivity index (χ2n) is 5.11. The highest BCUT2D eigenvalue weighted by Crippen LogP contribution is 2.27. The Balaban J connectivity index is 2.50. The Bertz CT molecular complexity index is 658. The summed E-state index contributed by atoms with van der Waals surface area (Å²) in [4.78, 5) is 14.3. The van der Waals surface area contributed by atoms with Gasteiger partial charge in [-0.15, -0.1) is 0 Å². The van der Waals surface area contributed by atoms with Gasteiger partial charge in [-0.3, -0.25) is 4.79 Å². The first-order valence-corrected chi connectivity index (χ1v) is 8.69. The van der Waals surface area contributed by atoms with Crippen molar-refractivity contribution in [3.8, 4) is 0 Å². The van der Waals surface area contributed by atoms with E-state index in [2.05, 4.69) is 15.9 Å². The van der Waals surface area contributed by atoms with Crippen molar-refractivity contribution in [1.82, 2.24) is 4.90 Å². The van der Waals surface area contributed by atoms with E-state index >= 15 is 0 Å². The van der Waals surface area contributed by atoms with Gasteiger partial charge < -0.3 is 4.90 Å². The molecule has 1 heterocycles. The maximum absolute atomic E-state index is 12.6. The summed E-state index contributed by atoms with van der Waals surface area (Å²) in [6, 6.07) is 2.97. The van der Waals surface area contributed by atoms with Crippen molar-refractivity contribution >= 4 is 31.9 Å². The Morgan fingerprint density at radius 2 is 2.10 bits per heavy atom. The van der Waals surface area contributed by atoms with Gasteiger partial charge in [0.1, 0.15) is 0 Å². The molecule has 1 atom stereocenters. The number of benzene rings is 1. The van der Waals surface area contributed by atoms with E-state index in [0.29, 0.717) is 16.6 Å². The van der Waals surface area contributed by atoms with Gasteiger partial charge in [0, 0.05) is 22.6 Å². The molecule has 110 valence electrons. The second-order valence-corrected chi connectivity index (χ2v) is 7.53. The SMILES string of the molecule is Cc1c(Br)cc(S(N)(=O)=O)cc1C(=O)N1CCCC1C. The molecule has 1 aliphatic rings. The smallest absolute Gasteiger partial charge is 0.254 e. The molecule has 2 N–H and O–H groups in total. The van der Waals surface area contributed by atoms with E-state index in [4.69, 9.17) is 5.14 Å². The van der Waals surface area contributed by atoms with Crippen LogP contribution in [0, 0.1) is 6.92 Å². The summed E-state index contributed by atoms with van der Waals surface area (Å²) in [5, 5.41) is 5.15. The highest BCUT2D eigenvalue weighted by atomic mass is 79.9. The topological polar surface area (TPSA) is 80.5 Å². The van der Waals surface area contributed by atoms with Gasteiger partial charge in [-0.05, 0) is 44.4 Å². The summed E-state index contributed by atoms with van der Waals surface area (Å²) in [5.41, 5.74) is 1.11. The van der Waals surface area contributed by atoms with Crippen LogP contribution in [0.5, 0.6) is 0 Å². The van der Waals surface area contributed by atoms with Crippen molar-refractivity contribution in [1.29, 1.82) is 0 Å². The Morgan fingerprint density at radius 1 is 1.45 bits per heavy atom. The molecule has 1 saturated heterocycles. The van der Waals surface area contributed by atoms with Crippen molar-refractivity contribution < 1.29 is 13.2 Å². The lowest BCUT2D eigenvalue weighted by Crippen LogP contribution is -2.34. The van der Waals surface area contributed by atoms with E-state index in [1.807, 2.05) is 6.92 Å². The number of halogens is 1. The van der Waals surface area contributed by atoms with E-state index in [9.17, 15) is 13.2 Å². The minimum absolute atomic E-state index is 0.0508. The lowest BCUT2D eigenvalue weighted by Gasteiger charge is -2.23. The van der Waals surface area contributed by atoms with E-state index < -0.39 is 10.0 Å². The van der Waals surface area contributed by atoms with Gasteiger partial charge >= 0.3 is 0 Å². The number of carbonyl (C=O) groups excluding carboxylic acids is 1. The molecule has 20 heavy (non-hydrogen) atoms. The van der Waals surface area contributed by atoms with Crippen molar-refractivity contribution in [2.75, 3.05) is 6.54 Å². The summed E-state index contributed by atoms with van der Waals surface area (Å²) >= 11 is 3.29. The molecule has 0 bridgehead atoms. The number of primary sulfonamides is 1. The number of nitrogens with two attached hydrogens (primary N) is 1. The Kier molecular flexibility index (Phi) is 4.22. The third kappa shape index (κ3) is 2.89. The van der Waals surface area contributed by atoms with Crippen LogP contribution in [0.25, 0.3) is 0 Å². The van der Waals surface area contributed by atoms with Gasteiger partial charge in [0.05, 0.1) is 4.90 Å². The van der Waals surface area contributed by atoms with E-state index in [1.54, 1.807) is 11.8 Å². The first-order chi connectivity index (χ1) is 9.21. The largest absolute Gasteiger partial charge is 0.336 e. The van der Waals surface area contributed by atoms with Crippen LogP contribution in [0.2, 0.25) is 0 Å². The third-order valence-corrected chi connectivity index (χ3v) is 5.41. The normalized spacial score (nSPS) is 19.4. The number of hydrogen-bond donors (Lipinski definition) is 1. The zero-order chi connectivity index (χ0) is 15.1. The average molecular weight is 361 g/mol. The summed E-state index contributed by atoms with van der Waals surface area (Å²) in [6.45, 7) is 4.49. The minimum Gasteiger partial charge on any atom is -0.336 e. The fraction of sp³-hybridized carbons (Fsp3) is 0.462. The summed E-state index contributed by atoms with van der Waals surface area (Å²) in [5.74, 6) is -0.140. The number of likely N-dealkylation sites (tertiary alicyclic amines) is 1. The lowest BCUT2D eigenvalue weighted by atomic mass is 10.1. The predicted octanol–water partition coefficient (Wildman–Crippen LogP) is 2.03. The monoisotopic (exact) mass is 360 g/mol. The van der Waals surface area contributed by atoms with Crippen LogP contribution < -0.4 is 5.14 Å². The van der Waals surface area contributed by atoms with Crippen LogP contribution in [0.1, 0.15) is 35.7 Å². The molecule has 7 heteroatoms. The van der Waals surface area contributed by atoms with Crippen LogP contribution in [0.15, 0.2) is 21.5 Å². The van der Waals surface area contributed by atoms with Gasteiger partial charge in [0.25, 0.3) is 5.91 Å². The molecule has 0 spiro atoms. The number of sulfonamides is 1. The quantitative estimate of drug-likeness (QED) is 0.875. The maximum atomic E-state index is 12.6. The van der Waals surface area contributed by atoms with Gasteiger partial charge in [0.2, 0.25) is 10.0 Å². The van der Waals surface area contributed by atoms with Gasteiger partial charge in [-0.2, -0.15) is 0 Å². The zero-order valence-electron chi connectivity index (χ0n) is 11.4. The molecular formula is C13H17BrN2O3S. The van der Waals surface area contributed by atoms with Crippen molar-refractivity contribution in [3.63, 3.8) is 0 Å². The van der Waals surface area contributed by atoms with E-state index in [1.165, 1.54) is 12.1 Å². The van der Waals surface area contributed by atoms with Crippen molar-refractivity contribution in [3.05, 3.63) is 27.7 Å². The number of carbonyl (C=O) groups is 1. The molecule has 0 aliphatic carbocycles. The van der Waals surface area contributed by atoms with Gasteiger partial charge in [-0.25, -0.2) is 13.6 Å². The fourth-order valence-corrected chi connectivity index (χ4v) is 3.61. The minimum atomic E-state index is -3.84. The molecule has 0 saturated carbocycles. The van der Waals surface area contributed by atoms with Crippen LogP contribution in [-0.2, 0) is 10.0 Å². The first-order valence-electron chi connectivity index (χ1n) is 6.35. The second kappa shape index (κ2) is 5.46. The molecule has 5 nitrogen and oxygen atoms in total. The molecule has 0 aromatic heterocycles. The Hall–Kier alpha value is -0.920. The van der Waals surface area contributed by atoms with Crippen molar-refractivity contribution in [2.45, 2.75) is 37.6 Å². The molecule has 1 amide bonds. The molecule has 1 fully saturated rings. The van der Waals surface area contributed by atoms with Crippen LogP contribution in [0.4, 0.5) is 0 Å². The van der Waals surface area contributed by atoms with Gasteiger partial charge in [-0.1, -0.05) is 15.9 Å². The van der Waals surface area contributed by atoms with Crippen LogP contribution in [-0.4, -0.2) is 31.8 Å². The summed E-state index contributed by atoms with van der Waals surface area (Å²) < 4.78 is 23.5.